The van der Waals surface area contributed by atoms with Crippen molar-refractivity contribution in [2.24, 2.45) is 0 Å². The lowest BCUT2D eigenvalue weighted by atomic mass is 10.1. The molecule has 0 spiro atoms. The number of hydrogen-bond acceptors (Lipinski definition) is 4. The molecule has 1 N–H and O–H groups in total. The third kappa shape index (κ3) is 4.25. The highest BCUT2D eigenvalue weighted by Gasteiger charge is 2.18. The first-order chi connectivity index (χ1) is 12.6. The Kier molecular flexibility index (Phi) is 5.93. The van der Waals surface area contributed by atoms with E-state index in [-0.39, 0.29) is 5.91 Å². The number of methoxy groups -OCH3 is 1. The van der Waals surface area contributed by atoms with Gasteiger partial charge in [-0.2, -0.15) is 5.10 Å². The van der Waals surface area contributed by atoms with Crippen molar-refractivity contribution < 1.29 is 9.53 Å². The van der Waals surface area contributed by atoms with Crippen molar-refractivity contribution in [1.82, 2.24) is 20.0 Å². The van der Waals surface area contributed by atoms with Gasteiger partial charge in [-0.1, -0.05) is 19.4 Å². The molecule has 2 heterocycles. The molecule has 0 saturated heterocycles. The summed E-state index contributed by atoms with van der Waals surface area (Å²) in [6.07, 6.45) is 2.45. The molecule has 1 aliphatic rings. The molecule has 0 bridgehead atoms. The quantitative estimate of drug-likeness (QED) is 0.829. The molecule has 26 heavy (non-hydrogen) atoms. The minimum Gasteiger partial charge on any atom is -0.496 e. The fraction of sp³-hybridized carbons (Fsp3) is 0.500. The summed E-state index contributed by atoms with van der Waals surface area (Å²) in [5.74, 6) is 0.454. The first kappa shape index (κ1) is 18.5. The van der Waals surface area contributed by atoms with Gasteiger partial charge < -0.3 is 10.1 Å². The maximum atomic E-state index is 12.5. The molecule has 0 atom stereocenters. The third-order valence-electron chi connectivity index (χ3n) is 4.79. The molecule has 1 aromatic carbocycles. The van der Waals surface area contributed by atoms with E-state index in [1.54, 1.807) is 13.2 Å². The van der Waals surface area contributed by atoms with E-state index >= 15 is 0 Å². The van der Waals surface area contributed by atoms with Gasteiger partial charge in [-0.25, -0.2) is 0 Å². The lowest BCUT2D eigenvalue weighted by Gasteiger charge is -2.27. The summed E-state index contributed by atoms with van der Waals surface area (Å²) in [4.78, 5) is 15.0. The number of unbranched alkanes of at least 4 members (excludes halogenated alkanes) is 1. The highest BCUT2D eigenvalue weighted by molar-refractivity contribution is 5.96. The van der Waals surface area contributed by atoms with Crippen molar-refractivity contribution in [1.29, 1.82) is 0 Å². The largest absolute Gasteiger partial charge is 0.496 e. The number of hydrogen-bond donors (Lipinski definition) is 1. The molecule has 1 aliphatic heterocycles. The van der Waals surface area contributed by atoms with E-state index < -0.39 is 0 Å². The third-order valence-corrected chi connectivity index (χ3v) is 4.79. The van der Waals surface area contributed by atoms with E-state index in [0.29, 0.717) is 17.9 Å². The minimum absolute atomic E-state index is 0.141. The van der Waals surface area contributed by atoms with Gasteiger partial charge in [0.25, 0.3) is 5.91 Å². The lowest BCUT2D eigenvalue weighted by molar-refractivity contribution is 0.0947. The second-order valence-corrected chi connectivity index (χ2v) is 6.87. The van der Waals surface area contributed by atoms with Crippen LogP contribution in [0.15, 0.2) is 24.3 Å². The van der Waals surface area contributed by atoms with Crippen molar-refractivity contribution in [3.8, 4) is 5.75 Å². The van der Waals surface area contributed by atoms with Gasteiger partial charge in [-0.15, -0.1) is 0 Å². The van der Waals surface area contributed by atoms with Crippen molar-refractivity contribution in [3.63, 3.8) is 0 Å². The molecule has 0 radical (unpaired) electrons. The normalized spacial score (nSPS) is 14.1. The van der Waals surface area contributed by atoms with Gasteiger partial charge in [-0.05, 0) is 43.7 Å². The van der Waals surface area contributed by atoms with Crippen LogP contribution in [0, 0.1) is 6.92 Å². The Hall–Kier alpha value is -2.34. The number of benzene rings is 1. The lowest BCUT2D eigenvalue weighted by Crippen LogP contribution is -2.34. The van der Waals surface area contributed by atoms with Crippen LogP contribution in [0.3, 0.4) is 0 Å². The number of ether oxygens (including phenoxy) is 1. The van der Waals surface area contributed by atoms with Crippen LogP contribution in [-0.4, -0.2) is 40.8 Å². The summed E-state index contributed by atoms with van der Waals surface area (Å²) in [6, 6.07) is 7.69. The molecule has 1 amide bonds. The number of aryl methyl sites for hydroxylation is 1. The maximum Gasteiger partial charge on any atom is 0.255 e. The van der Waals surface area contributed by atoms with Gasteiger partial charge in [-0.3, -0.25) is 14.4 Å². The van der Waals surface area contributed by atoms with Crippen LogP contribution in [-0.2, 0) is 19.6 Å². The predicted octanol–water partition coefficient (Wildman–Crippen LogP) is 2.75. The van der Waals surface area contributed by atoms with Crippen LogP contribution in [0.1, 0.15) is 47.1 Å². The fourth-order valence-corrected chi connectivity index (χ4v) is 3.29. The smallest absolute Gasteiger partial charge is 0.255 e. The fourth-order valence-electron chi connectivity index (χ4n) is 3.29. The Morgan fingerprint density at radius 3 is 2.92 bits per heavy atom. The van der Waals surface area contributed by atoms with Gasteiger partial charge in [0.15, 0.2) is 0 Å². The number of carbonyl (C=O) groups excluding carboxylic acids is 1. The number of fused-ring (bicyclic) bond motifs is 1. The van der Waals surface area contributed by atoms with Gasteiger partial charge in [0.2, 0.25) is 0 Å². The number of nitrogens with one attached hydrogen (secondary N) is 1. The Morgan fingerprint density at radius 2 is 2.15 bits per heavy atom. The summed E-state index contributed by atoms with van der Waals surface area (Å²) >= 11 is 0. The second-order valence-electron chi connectivity index (χ2n) is 6.87. The summed E-state index contributed by atoms with van der Waals surface area (Å²) in [6.45, 7) is 8.65. The van der Waals surface area contributed by atoms with Gasteiger partial charge >= 0.3 is 0 Å². The van der Waals surface area contributed by atoms with Crippen LogP contribution in [0.4, 0.5) is 0 Å². The predicted molar refractivity (Wildman–Crippen MR) is 101 cm³/mol. The zero-order chi connectivity index (χ0) is 18.5. The number of rotatable bonds is 7. The Balaban J connectivity index is 1.61. The van der Waals surface area contributed by atoms with Crippen molar-refractivity contribution >= 4 is 5.91 Å². The average Bonchev–Trinajstić information content (AvgIpc) is 3.06. The second kappa shape index (κ2) is 8.36. The molecule has 3 rings (SSSR count). The molecule has 0 saturated carbocycles. The molecule has 0 fully saturated rings. The Morgan fingerprint density at radius 1 is 1.31 bits per heavy atom. The Bertz CT molecular complexity index is 769. The van der Waals surface area contributed by atoms with E-state index in [2.05, 4.69) is 33.0 Å². The average molecular weight is 356 g/mol. The molecule has 2 aromatic rings. The van der Waals surface area contributed by atoms with Crippen molar-refractivity contribution in [2.75, 3.05) is 20.2 Å². The highest BCUT2D eigenvalue weighted by atomic mass is 16.5. The van der Waals surface area contributed by atoms with E-state index in [1.165, 1.54) is 18.5 Å². The summed E-state index contributed by atoms with van der Waals surface area (Å²) in [7, 11) is 1.58. The van der Waals surface area contributed by atoms with Crippen LogP contribution in [0.25, 0.3) is 0 Å². The molecule has 0 aliphatic carbocycles. The first-order valence-corrected chi connectivity index (χ1v) is 9.31. The van der Waals surface area contributed by atoms with Crippen molar-refractivity contribution in [3.05, 3.63) is 46.8 Å². The zero-order valence-electron chi connectivity index (χ0n) is 15.9. The summed E-state index contributed by atoms with van der Waals surface area (Å²) < 4.78 is 7.39. The zero-order valence-corrected chi connectivity index (χ0v) is 15.9. The van der Waals surface area contributed by atoms with Crippen LogP contribution < -0.4 is 10.1 Å². The summed E-state index contributed by atoms with van der Waals surface area (Å²) in [5, 5.41) is 7.59. The van der Waals surface area contributed by atoms with E-state index in [9.17, 15) is 4.79 Å². The number of carbonyl (C=O) groups is 1. The molecular weight excluding hydrogens is 328 g/mol. The number of aromatic nitrogens is 2. The molecule has 1 aromatic heterocycles. The summed E-state index contributed by atoms with van der Waals surface area (Å²) in [5.41, 5.74) is 3.74. The van der Waals surface area contributed by atoms with Gasteiger partial charge in [0.05, 0.1) is 37.2 Å². The monoisotopic (exact) mass is 356 g/mol. The molecular formula is C20H28N4O2. The standard InChI is InChI=1S/C20H28N4O2/c1-4-5-8-23-9-10-24-17(14-23)12-16(22-24)13-21-20(25)18-7-6-15(2)11-19(18)26-3/h6-7,11-12H,4-5,8-10,13-14H2,1-3H3,(H,21,25). The van der Waals surface area contributed by atoms with Crippen LogP contribution >= 0.6 is 0 Å². The SMILES string of the molecule is CCCCN1CCn2nc(CNC(=O)c3ccc(C)cc3OC)cc2C1. The maximum absolute atomic E-state index is 12.5. The van der Waals surface area contributed by atoms with E-state index in [4.69, 9.17) is 4.74 Å². The molecule has 0 unspecified atom stereocenters. The molecule has 140 valence electrons. The minimum atomic E-state index is -0.141. The van der Waals surface area contributed by atoms with Crippen LogP contribution in [0.5, 0.6) is 5.75 Å². The number of amides is 1. The van der Waals surface area contributed by atoms with Crippen molar-refractivity contribution in [2.45, 2.75) is 46.3 Å². The first-order valence-electron chi connectivity index (χ1n) is 9.31. The topological polar surface area (TPSA) is 59.4 Å². The Labute approximate surface area is 155 Å². The molecule has 6 heteroatoms. The van der Waals surface area contributed by atoms with E-state index in [0.717, 1.165) is 37.4 Å². The molecule has 6 nitrogen and oxygen atoms in total. The highest BCUT2D eigenvalue weighted by Crippen LogP contribution is 2.20. The van der Waals surface area contributed by atoms with Gasteiger partial charge in [0, 0.05) is 13.1 Å². The van der Waals surface area contributed by atoms with E-state index in [1.807, 2.05) is 19.1 Å². The number of nitrogens with zero attached hydrogens (tertiary/aromatic N) is 3. The van der Waals surface area contributed by atoms with Crippen LogP contribution in [0.2, 0.25) is 0 Å². The van der Waals surface area contributed by atoms with Gasteiger partial charge in [0.1, 0.15) is 5.75 Å².